The van der Waals surface area contributed by atoms with E-state index in [9.17, 15) is 19.2 Å². The molecule has 0 spiro atoms. The maximum absolute atomic E-state index is 11.6. The number of esters is 2. The van der Waals surface area contributed by atoms with E-state index in [0.717, 1.165) is 0 Å². The molecular weight excluding hydrogens is 348 g/mol. The molecule has 1 rings (SSSR count). The lowest BCUT2D eigenvalue weighted by atomic mass is 10.1. The number of hydrogen-bond donors (Lipinski definition) is 0. The van der Waals surface area contributed by atoms with Crippen LogP contribution in [0.4, 0.5) is 0 Å². The van der Waals surface area contributed by atoms with E-state index in [1.54, 1.807) is 38.1 Å². The van der Waals surface area contributed by atoms with Gasteiger partial charge in [0.1, 0.15) is 6.42 Å². The van der Waals surface area contributed by atoms with Crippen LogP contribution >= 0.6 is 0 Å². The highest BCUT2D eigenvalue weighted by atomic mass is 16.5. The number of hydrogen-bond acceptors (Lipinski definition) is 6. The Kier molecular flexibility index (Phi) is 9.67. The largest absolute Gasteiger partial charge is 0.466 e. The Morgan fingerprint density at radius 1 is 0.741 bits per heavy atom. The van der Waals surface area contributed by atoms with Crippen molar-refractivity contribution in [3.63, 3.8) is 0 Å². The van der Waals surface area contributed by atoms with Gasteiger partial charge in [0.2, 0.25) is 11.6 Å². The Morgan fingerprint density at radius 3 is 1.74 bits per heavy atom. The lowest BCUT2D eigenvalue weighted by Gasteiger charge is -1.98. The summed E-state index contributed by atoms with van der Waals surface area (Å²) < 4.78 is 9.41. The average molecular weight is 368 g/mol. The third-order valence-corrected chi connectivity index (χ3v) is 3.05. The maximum atomic E-state index is 11.6. The molecule has 0 N–H and O–H groups in total. The standard InChI is InChI=1S/C21H20O6/c1-3-26-20(24)14-13-18(22)11-9-16-5-7-17(8-6-16)10-12-19(23)15-21(25)27-4-2/h5-8H,3-4,13-15H2,1-2H3. The van der Waals surface area contributed by atoms with E-state index >= 15 is 0 Å². The minimum absolute atomic E-state index is 0.00963. The quantitative estimate of drug-likeness (QED) is 0.415. The van der Waals surface area contributed by atoms with Gasteiger partial charge in [0.25, 0.3) is 0 Å². The van der Waals surface area contributed by atoms with Gasteiger partial charge in [-0.3, -0.25) is 19.2 Å². The van der Waals surface area contributed by atoms with Crippen LogP contribution in [0.15, 0.2) is 24.3 Å². The Hall–Kier alpha value is -3.38. The first kappa shape index (κ1) is 21.7. The van der Waals surface area contributed by atoms with Gasteiger partial charge in [0.05, 0.1) is 19.6 Å². The molecule has 6 heteroatoms. The zero-order chi connectivity index (χ0) is 20.1. The molecule has 0 aromatic heterocycles. The number of carbonyl (C=O) groups is 4. The van der Waals surface area contributed by atoms with E-state index in [1.807, 2.05) is 0 Å². The zero-order valence-electron chi connectivity index (χ0n) is 15.3. The Bertz CT molecular complexity index is 812. The smallest absolute Gasteiger partial charge is 0.314 e. The summed E-state index contributed by atoms with van der Waals surface area (Å²) in [4.78, 5) is 45.5. The highest BCUT2D eigenvalue weighted by molar-refractivity contribution is 6.06. The molecule has 0 saturated heterocycles. The summed E-state index contributed by atoms with van der Waals surface area (Å²) in [5, 5.41) is 0. The van der Waals surface area contributed by atoms with Crippen molar-refractivity contribution in [1.29, 1.82) is 0 Å². The van der Waals surface area contributed by atoms with E-state index in [2.05, 4.69) is 28.4 Å². The highest BCUT2D eigenvalue weighted by Crippen LogP contribution is 2.02. The van der Waals surface area contributed by atoms with E-state index < -0.39 is 17.7 Å². The molecule has 0 aliphatic heterocycles. The molecule has 6 nitrogen and oxygen atoms in total. The summed E-state index contributed by atoms with van der Waals surface area (Å²) in [6.45, 7) is 3.85. The van der Waals surface area contributed by atoms with Crippen molar-refractivity contribution in [2.75, 3.05) is 13.2 Å². The van der Waals surface area contributed by atoms with Crippen molar-refractivity contribution in [3.8, 4) is 23.7 Å². The average Bonchev–Trinajstić information content (AvgIpc) is 2.64. The van der Waals surface area contributed by atoms with Crippen LogP contribution in [0.1, 0.15) is 44.2 Å². The van der Waals surface area contributed by atoms with Gasteiger partial charge in [-0.1, -0.05) is 11.8 Å². The van der Waals surface area contributed by atoms with Crippen LogP contribution in [0.5, 0.6) is 0 Å². The first-order valence-corrected chi connectivity index (χ1v) is 8.45. The van der Waals surface area contributed by atoms with Gasteiger partial charge in [-0.2, -0.15) is 0 Å². The molecule has 0 amide bonds. The number of benzene rings is 1. The second kappa shape index (κ2) is 12.1. The topological polar surface area (TPSA) is 86.7 Å². The molecule has 140 valence electrons. The van der Waals surface area contributed by atoms with Gasteiger partial charge in [0, 0.05) is 17.5 Å². The summed E-state index contributed by atoms with van der Waals surface area (Å²) in [7, 11) is 0. The van der Waals surface area contributed by atoms with Gasteiger partial charge < -0.3 is 9.47 Å². The van der Waals surface area contributed by atoms with Gasteiger partial charge in [-0.15, -0.1) is 0 Å². The molecule has 1 aromatic rings. The summed E-state index contributed by atoms with van der Waals surface area (Å²) >= 11 is 0. The fourth-order valence-electron chi connectivity index (χ4n) is 1.82. The zero-order valence-corrected chi connectivity index (χ0v) is 15.3. The molecule has 0 bridgehead atoms. The number of ether oxygens (including phenoxy) is 2. The minimum atomic E-state index is -0.602. The molecule has 0 unspecified atom stereocenters. The van der Waals surface area contributed by atoms with Gasteiger partial charge in [0.15, 0.2) is 0 Å². The number of carbonyl (C=O) groups excluding carboxylic acids is 4. The van der Waals surface area contributed by atoms with Gasteiger partial charge in [-0.05, 0) is 50.0 Å². The summed E-state index contributed by atoms with van der Waals surface area (Å²) in [5.74, 6) is 8.29. The van der Waals surface area contributed by atoms with Crippen LogP contribution < -0.4 is 0 Å². The molecule has 0 radical (unpaired) electrons. The molecule has 0 fully saturated rings. The summed E-state index contributed by atoms with van der Waals surface area (Å²) in [5.41, 5.74) is 1.18. The van der Waals surface area contributed by atoms with Crippen LogP contribution in [-0.2, 0) is 28.7 Å². The predicted molar refractivity (Wildman–Crippen MR) is 97.3 cm³/mol. The third-order valence-electron chi connectivity index (χ3n) is 3.05. The third kappa shape index (κ3) is 9.62. The summed E-state index contributed by atoms with van der Waals surface area (Å²) in [6.07, 6.45) is -0.355. The lowest BCUT2D eigenvalue weighted by Crippen LogP contribution is -2.09. The van der Waals surface area contributed by atoms with Crippen LogP contribution in [0.2, 0.25) is 0 Å². The van der Waals surface area contributed by atoms with Crippen LogP contribution in [0.3, 0.4) is 0 Å². The fraction of sp³-hybridized carbons (Fsp3) is 0.333. The van der Waals surface area contributed by atoms with Gasteiger partial charge >= 0.3 is 11.9 Å². The first-order valence-electron chi connectivity index (χ1n) is 8.45. The van der Waals surface area contributed by atoms with Crippen molar-refractivity contribution in [2.24, 2.45) is 0 Å². The van der Waals surface area contributed by atoms with E-state index in [4.69, 9.17) is 4.74 Å². The molecule has 0 atom stereocenters. The number of rotatable bonds is 7. The van der Waals surface area contributed by atoms with Gasteiger partial charge in [-0.25, -0.2) is 0 Å². The molecule has 0 saturated carbocycles. The second-order valence-corrected chi connectivity index (χ2v) is 5.21. The molecule has 0 aliphatic carbocycles. The number of ketones is 2. The van der Waals surface area contributed by atoms with E-state index in [-0.39, 0.29) is 38.3 Å². The Morgan fingerprint density at radius 2 is 1.22 bits per heavy atom. The van der Waals surface area contributed by atoms with Crippen molar-refractivity contribution in [3.05, 3.63) is 35.4 Å². The highest BCUT2D eigenvalue weighted by Gasteiger charge is 2.07. The molecule has 0 heterocycles. The van der Waals surface area contributed by atoms with Crippen LogP contribution in [0, 0.1) is 23.7 Å². The van der Waals surface area contributed by atoms with Crippen molar-refractivity contribution >= 4 is 23.5 Å². The van der Waals surface area contributed by atoms with Crippen LogP contribution in [0.25, 0.3) is 0 Å². The predicted octanol–water partition coefficient (Wildman–Crippen LogP) is 1.82. The van der Waals surface area contributed by atoms with Crippen LogP contribution in [-0.4, -0.2) is 36.7 Å². The van der Waals surface area contributed by atoms with E-state index in [1.165, 1.54) is 0 Å². The molecule has 1 aromatic carbocycles. The normalized spacial score (nSPS) is 9.11. The minimum Gasteiger partial charge on any atom is -0.466 e. The van der Waals surface area contributed by atoms with Crippen molar-refractivity contribution in [2.45, 2.75) is 33.1 Å². The fourth-order valence-corrected chi connectivity index (χ4v) is 1.82. The first-order chi connectivity index (χ1) is 12.9. The second-order valence-electron chi connectivity index (χ2n) is 5.21. The SMILES string of the molecule is CCOC(=O)CCC(=O)C#Cc1ccc(C#CC(=O)CC(=O)OCC)cc1. The molecular formula is C21H20O6. The van der Waals surface area contributed by atoms with Crippen molar-refractivity contribution in [1.82, 2.24) is 0 Å². The van der Waals surface area contributed by atoms with Crippen molar-refractivity contribution < 1.29 is 28.7 Å². The molecule has 27 heavy (non-hydrogen) atoms. The number of Topliss-reactive ketones (excluding diaryl/α,β-unsaturated/α-hetero) is 2. The summed E-state index contributed by atoms with van der Waals surface area (Å²) in [6, 6.07) is 6.62. The van der Waals surface area contributed by atoms with E-state index in [0.29, 0.717) is 11.1 Å². The lowest BCUT2D eigenvalue weighted by molar-refractivity contribution is -0.145. The monoisotopic (exact) mass is 368 g/mol. The Balaban J connectivity index is 2.57. The molecule has 0 aliphatic rings. The Labute approximate surface area is 158 Å². The maximum Gasteiger partial charge on any atom is 0.314 e.